The molecule has 114 valence electrons. The summed E-state index contributed by atoms with van der Waals surface area (Å²) in [6, 6.07) is 6.35. The highest BCUT2D eigenvalue weighted by atomic mass is 127. The first-order chi connectivity index (χ1) is 9.56. The van der Waals surface area contributed by atoms with Gasteiger partial charge in [0.25, 0.3) is 4.21 Å². The van der Waals surface area contributed by atoms with Crippen LogP contribution in [0.1, 0.15) is 25.6 Å². The third-order valence-electron chi connectivity index (χ3n) is 3.40. The smallest absolute Gasteiger partial charge is 0.308 e. The number of ether oxygens (including phenoxy) is 1. The second-order valence-corrected chi connectivity index (χ2v) is 8.48. The van der Waals surface area contributed by atoms with Gasteiger partial charge in [-0.15, -0.1) is 0 Å². The molecule has 0 saturated carbocycles. The van der Waals surface area contributed by atoms with Crippen LogP contribution in [-0.2, 0) is 5.54 Å². The summed E-state index contributed by atoms with van der Waals surface area (Å²) in [6.07, 6.45) is 2.15. The maximum absolute atomic E-state index is 5.66. The Balaban J connectivity index is 0.00000161. The zero-order valence-corrected chi connectivity index (χ0v) is 17.1. The van der Waals surface area contributed by atoms with Gasteiger partial charge in [-0.05, 0) is 45.2 Å². The summed E-state index contributed by atoms with van der Waals surface area (Å²) in [6.45, 7) is 7.22. The maximum atomic E-state index is 5.66. The number of hydrogen-bond acceptors (Lipinski definition) is 4. The first-order valence-electron chi connectivity index (χ1n) is 6.63. The molecule has 0 spiro atoms. The van der Waals surface area contributed by atoms with Crippen LogP contribution in [0.15, 0.2) is 22.4 Å². The predicted molar refractivity (Wildman–Crippen MR) is 91.6 cm³/mol. The van der Waals surface area contributed by atoms with Gasteiger partial charge in [-0.25, -0.2) is 0 Å². The third kappa shape index (κ3) is 3.04. The van der Waals surface area contributed by atoms with Crippen LogP contribution < -0.4 is 34.0 Å². The number of anilines is 1. The van der Waals surface area contributed by atoms with Crippen LogP contribution in [0.5, 0.6) is 5.75 Å². The van der Waals surface area contributed by atoms with Gasteiger partial charge in [-0.3, -0.25) is 0 Å². The Hall–Kier alpha value is -0.0500. The summed E-state index contributed by atoms with van der Waals surface area (Å²) in [4.78, 5) is 1.42. The van der Waals surface area contributed by atoms with Crippen LogP contribution in [0.3, 0.4) is 0 Å². The number of thioether (sulfide) groups is 1. The molecule has 0 radical (unpaired) electrons. The van der Waals surface area contributed by atoms with Gasteiger partial charge in [-0.1, -0.05) is 11.8 Å². The van der Waals surface area contributed by atoms with Crippen molar-refractivity contribution in [3.8, 4) is 16.9 Å². The van der Waals surface area contributed by atoms with Crippen molar-refractivity contribution in [3.05, 3.63) is 23.1 Å². The van der Waals surface area contributed by atoms with Crippen LogP contribution in [0, 0.1) is 0 Å². The minimum Gasteiger partial charge on any atom is -1.00 e. The summed E-state index contributed by atoms with van der Waals surface area (Å²) in [7, 11) is 3.76. The minimum atomic E-state index is -0.00932. The van der Waals surface area contributed by atoms with Gasteiger partial charge in [0, 0.05) is 11.3 Å². The summed E-state index contributed by atoms with van der Waals surface area (Å²) in [5, 5.41) is 3.65. The van der Waals surface area contributed by atoms with E-state index in [0.29, 0.717) is 6.61 Å². The Labute approximate surface area is 154 Å². The maximum Gasteiger partial charge on any atom is 0.308 e. The SMILES string of the molecule is CCOc1ccc2c(c1)-c1c(s[s+]c1SC)C(C)(C)N2.[I-]. The highest BCUT2D eigenvalue weighted by Gasteiger charge is 2.39. The molecule has 0 saturated heterocycles. The quantitative estimate of drug-likeness (QED) is 0.336. The van der Waals surface area contributed by atoms with Gasteiger partial charge < -0.3 is 34.0 Å². The number of benzene rings is 1. The van der Waals surface area contributed by atoms with E-state index in [1.54, 1.807) is 0 Å². The van der Waals surface area contributed by atoms with Gasteiger partial charge in [0.15, 0.2) is 10.3 Å². The molecule has 3 rings (SSSR count). The zero-order valence-electron chi connectivity index (χ0n) is 12.5. The van der Waals surface area contributed by atoms with E-state index in [-0.39, 0.29) is 29.5 Å². The van der Waals surface area contributed by atoms with E-state index in [0.717, 1.165) is 5.75 Å². The summed E-state index contributed by atoms with van der Waals surface area (Å²) in [5.74, 6) is 0.946. The van der Waals surface area contributed by atoms with Gasteiger partial charge in [0.1, 0.15) is 10.6 Å². The van der Waals surface area contributed by atoms with Crippen molar-refractivity contribution in [1.29, 1.82) is 0 Å². The molecule has 1 aliphatic heterocycles. The number of halogens is 1. The van der Waals surface area contributed by atoms with E-state index in [1.807, 2.05) is 45.4 Å². The lowest BCUT2D eigenvalue weighted by Crippen LogP contribution is -3.00. The van der Waals surface area contributed by atoms with Crippen LogP contribution >= 0.6 is 32.4 Å². The molecule has 1 aromatic carbocycles. The molecule has 0 aliphatic carbocycles. The van der Waals surface area contributed by atoms with Gasteiger partial charge >= 0.3 is 10.3 Å². The Bertz CT molecular complexity index is 654. The Kier molecular flexibility index (Phi) is 5.44. The molecule has 2 nitrogen and oxygen atoms in total. The molecule has 1 N–H and O–H groups in total. The lowest BCUT2D eigenvalue weighted by molar-refractivity contribution is -0.00000475. The molecule has 2 aromatic rings. The molecular weight excluding hydrogens is 433 g/mol. The van der Waals surface area contributed by atoms with Crippen molar-refractivity contribution >= 4 is 38.1 Å². The topological polar surface area (TPSA) is 21.3 Å². The molecular formula is C15H18INOS3. The van der Waals surface area contributed by atoms with Gasteiger partial charge in [0.2, 0.25) is 0 Å². The van der Waals surface area contributed by atoms with E-state index in [2.05, 4.69) is 37.6 Å². The normalized spacial score (nSPS) is 14.5. The molecule has 1 aromatic heterocycles. The molecule has 0 atom stereocenters. The van der Waals surface area contributed by atoms with E-state index in [4.69, 9.17) is 4.74 Å². The number of rotatable bonds is 3. The van der Waals surface area contributed by atoms with Gasteiger partial charge in [-0.2, -0.15) is 0 Å². The van der Waals surface area contributed by atoms with Crippen LogP contribution in [0.4, 0.5) is 5.69 Å². The van der Waals surface area contributed by atoms with Crippen molar-refractivity contribution in [1.82, 2.24) is 0 Å². The molecule has 0 amide bonds. The first-order valence-corrected chi connectivity index (χ1v) is 10.00. The lowest BCUT2D eigenvalue weighted by atomic mass is 9.90. The summed E-state index contributed by atoms with van der Waals surface area (Å²) >= 11 is 1.83. The highest BCUT2D eigenvalue weighted by molar-refractivity contribution is 8.02. The Morgan fingerprint density at radius 2 is 2.14 bits per heavy atom. The van der Waals surface area contributed by atoms with E-state index in [1.165, 1.54) is 25.9 Å². The fourth-order valence-corrected chi connectivity index (χ4v) is 6.88. The van der Waals surface area contributed by atoms with Crippen molar-refractivity contribution in [2.24, 2.45) is 0 Å². The first kappa shape index (κ1) is 17.3. The fraction of sp³-hybridized carbons (Fsp3) is 0.400. The number of hydrogen-bond donors (Lipinski definition) is 1. The lowest BCUT2D eigenvalue weighted by Gasteiger charge is -2.32. The average molecular weight is 451 g/mol. The molecule has 0 bridgehead atoms. The monoisotopic (exact) mass is 451 g/mol. The highest BCUT2D eigenvalue weighted by Crippen LogP contribution is 2.53. The zero-order chi connectivity index (χ0) is 14.3. The summed E-state index contributed by atoms with van der Waals surface area (Å²) < 4.78 is 7.06. The van der Waals surface area contributed by atoms with Gasteiger partial charge in [0.05, 0.1) is 17.7 Å². The molecule has 1 aliphatic rings. The summed E-state index contributed by atoms with van der Waals surface area (Å²) in [5.41, 5.74) is 3.86. The third-order valence-corrected chi connectivity index (χ3v) is 7.61. The average Bonchev–Trinajstić information content (AvgIpc) is 2.85. The van der Waals surface area contributed by atoms with Crippen molar-refractivity contribution in [3.63, 3.8) is 0 Å². The number of nitrogens with one attached hydrogen (secondary N) is 1. The molecule has 0 fully saturated rings. The van der Waals surface area contributed by atoms with Crippen molar-refractivity contribution in [2.45, 2.75) is 30.5 Å². The fourth-order valence-electron chi connectivity index (χ4n) is 2.53. The van der Waals surface area contributed by atoms with E-state index >= 15 is 0 Å². The van der Waals surface area contributed by atoms with Crippen LogP contribution in [0.2, 0.25) is 0 Å². The molecule has 21 heavy (non-hydrogen) atoms. The minimum absolute atomic E-state index is 0. The van der Waals surface area contributed by atoms with Crippen molar-refractivity contribution in [2.75, 3.05) is 18.2 Å². The second-order valence-electron chi connectivity index (χ2n) is 5.25. The van der Waals surface area contributed by atoms with Crippen LogP contribution in [-0.4, -0.2) is 12.9 Å². The molecule has 6 heteroatoms. The molecule has 2 heterocycles. The Morgan fingerprint density at radius 3 is 2.81 bits per heavy atom. The second kappa shape index (κ2) is 6.60. The Morgan fingerprint density at radius 1 is 1.38 bits per heavy atom. The van der Waals surface area contributed by atoms with Crippen LogP contribution in [0.25, 0.3) is 11.1 Å². The standard InChI is InChI=1S/C15H18NOS3.HI/c1-5-17-9-6-7-11-10(8-9)12-13(15(2,3)16-11)19-20-14(12)18-4;/h6-8,16H,5H2,1-4H3;1H/q+1;/p-1. The number of fused-ring (bicyclic) bond motifs is 3. The molecule has 0 unspecified atom stereocenters. The largest absolute Gasteiger partial charge is 1.00 e. The predicted octanol–water partition coefficient (Wildman–Crippen LogP) is 2.54. The van der Waals surface area contributed by atoms with Crippen molar-refractivity contribution < 1.29 is 28.7 Å². The van der Waals surface area contributed by atoms with E-state index < -0.39 is 0 Å². The van der Waals surface area contributed by atoms with E-state index in [9.17, 15) is 0 Å².